The number of rotatable bonds is 5. The average Bonchev–Trinajstić information content (AvgIpc) is 2.44. The van der Waals surface area contributed by atoms with E-state index in [1.165, 1.54) is 0 Å². The maximum Gasteiger partial charge on any atom is 0.229 e. The first-order valence-electron chi connectivity index (χ1n) is 6.61. The van der Waals surface area contributed by atoms with Gasteiger partial charge >= 0.3 is 0 Å². The molecule has 0 aliphatic carbocycles. The molecule has 1 N–H and O–H groups in total. The van der Waals surface area contributed by atoms with Crippen molar-refractivity contribution >= 4 is 11.7 Å². The first-order chi connectivity index (χ1) is 9.67. The summed E-state index contributed by atoms with van der Waals surface area (Å²) in [5.74, 6) is 1.31. The monoisotopic (exact) mass is 270 g/mol. The molecule has 2 aromatic rings. The molecule has 0 radical (unpaired) electrons. The van der Waals surface area contributed by atoms with Crippen molar-refractivity contribution in [3.05, 3.63) is 53.7 Å². The van der Waals surface area contributed by atoms with Crippen LogP contribution in [-0.4, -0.2) is 17.5 Å². The van der Waals surface area contributed by atoms with Crippen LogP contribution < -0.4 is 10.1 Å². The topological polar surface area (TPSA) is 51.2 Å². The van der Waals surface area contributed by atoms with Crippen molar-refractivity contribution in [1.82, 2.24) is 4.98 Å². The fraction of sp³-hybridized carbons (Fsp3) is 0.250. The van der Waals surface area contributed by atoms with Gasteiger partial charge in [0.2, 0.25) is 5.91 Å². The Labute approximate surface area is 118 Å². The van der Waals surface area contributed by atoms with E-state index in [4.69, 9.17) is 4.74 Å². The van der Waals surface area contributed by atoms with Crippen LogP contribution >= 0.6 is 0 Å². The van der Waals surface area contributed by atoms with E-state index in [0.717, 1.165) is 16.9 Å². The van der Waals surface area contributed by atoms with Gasteiger partial charge in [-0.05, 0) is 43.2 Å². The molecule has 104 valence electrons. The molecule has 0 saturated heterocycles. The smallest absolute Gasteiger partial charge is 0.229 e. The number of benzene rings is 1. The summed E-state index contributed by atoms with van der Waals surface area (Å²) in [5.41, 5.74) is 2.01. The minimum absolute atomic E-state index is 0.0782. The Hall–Kier alpha value is -2.36. The van der Waals surface area contributed by atoms with Crippen LogP contribution in [-0.2, 0) is 11.2 Å². The Morgan fingerprint density at radius 2 is 1.95 bits per heavy atom. The SMILES string of the molecule is CCOc1ccc(CC(=O)Nc2ccc(C)cn2)cc1. The van der Waals surface area contributed by atoms with Crippen LogP contribution in [0.5, 0.6) is 5.75 Å². The van der Waals surface area contributed by atoms with Crippen LogP contribution in [0.4, 0.5) is 5.82 Å². The molecule has 4 heteroatoms. The van der Waals surface area contributed by atoms with E-state index in [9.17, 15) is 4.79 Å². The second kappa shape index (κ2) is 6.70. The third kappa shape index (κ3) is 4.09. The molecule has 20 heavy (non-hydrogen) atoms. The lowest BCUT2D eigenvalue weighted by Gasteiger charge is -2.06. The molecule has 0 saturated carbocycles. The Morgan fingerprint density at radius 3 is 2.55 bits per heavy atom. The van der Waals surface area contributed by atoms with Crippen molar-refractivity contribution in [2.24, 2.45) is 0 Å². The van der Waals surface area contributed by atoms with Crippen molar-refractivity contribution in [3.8, 4) is 5.75 Å². The second-order valence-electron chi connectivity index (χ2n) is 4.52. The quantitative estimate of drug-likeness (QED) is 0.908. The molecule has 1 aromatic heterocycles. The number of carbonyl (C=O) groups is 1. The highest BCUT2D eigenvalue weighted by molar-refractivity contribution is 5.91. The molecule has 0 aliphatic rings. The van der Waals surface area contributed by atoms with Gasteiger partial charge in [-0.1, -0.05) is 18.2 Å². The summed E-state index contributed by atoms with van der Waals surface area (Å²) in [6, 6.07) is 11.2. The van der Waals surface area contributed by atoms with Gasteiger partial charge in [0.25, 0.3) is 0 Å². The highest BCUT2D eigenvalue weighted by Gasteiger charge is 2.05. The maximum absolute atomic E-state index is 11.9. The van der Waals surface area contributed by atoms with Crippen molar-refractivity contribution in [1.29, 1.82) is 0 Å². The number of carbonyl (C=O) groups excluding carboxylic acids is 1. The van der Waals surface area contributed by atoms with E-state index in [1.807, 2.05) is 44.2 Å². The number of ether oxygens (including phenoxy) is 1. The predicted molar refractivity (Wildman–Crippen MR) is 78.9 cm³/mol. The summed E-state index contributed by atoms with van der Waals surface area (Å²) in [4.78, 5) is 16.0. The minimum Gasteiger partial charge on any atom is -0.494 e. The Bertz CT molecular complexity index is 562. The number of nitrogens with one attached hydrogen (secondary N) is 1. The first-order valence-corrected chi connectivity index (χ1v) is 6.61. The van der Waals surface area contributed by atoms with Crippen LogP contribution in [0.1, 0.15) is 18.1 Å². The number of aryl methyl sites for hydroxylation is 1. The van der Waals surface area contributed by atoms with Gasteiger partial charge in [0.15, 0.2) is 0 Å². The molecular formula is C16H18N2O2. The van der Waals surface area contributed by atoms with Gasteiger partial charge in [0.05, 0.1) is 13.0 Å². The third-order valence-corrected chi connectivity index (χ3v) is 2.78. The number of anilines is 1. The summed E-state index contributed by atoms with van der Waals surface area (Å²) in [6.45, 7) is 4.54. The van der Waals surface area contributed by atoms with Crippen molar-refractivity contribution in [2.45, 2.75) is 20.3 Å². The molecule has 2 rings (SSSR count). The van der Waals surface area contributed by atoms with Gasteiger partial charge in [-0.2, -0.15) is 0 Å². The minimum atomic E-state index is -0.0782. The molecule has 1 heterocycles. The van der Waals surface area contributed by atoms with E-state index in [1.54, 1.807) is 12.3 Å². The molecular weight excluding hydrogens is 252 g/mol. The average molecular weight is 270 g/mol. The van der Waals surface area contributed by atoms with E-state index in [2.05, 4.69) is 10.3 Å². The molecule has 1 amide bonds. The number of amides is 1. The Balaban J connectivity index is 1.92. The lowest BCUT2D eigenvalue weighted by Crippen LogP contribution is -2.15. The van der Waals surface area contributed by atoms with Gasteiger partial charge in [0.1, 0.15) is 11.6 Å². The standard InChI is InChI=1S/C16H18N2O2/c1-3-20-14-7-5-13(6-8-14)10-16(19)18-15-9-4-12(2)11-17-15/h4-9,11H,3,10H2,1-2H3,(H,17,18,19). The maximum atomic E-state index is 11.9. The van der Waals surface area contributed by atoms with Crippen molar-refractivity contribution in [3.63, 3.8) is 0 Å². The zero-order valence-corrected chi connectivity index (χ0v) is 11.7. The Morgan fingerprint density at radius 1 is 1.20 bits per heavy atom. The third-order valence-electron chi connectivity index (χ3n) is 2.78. The molecule has 0 aliphatic heterocycles. The normalized spacial score (nSPS) is 10.1. The lowest BCUT2D eigenvalue weighted by atomic mass is 10.1. The van der Waals surface area contributed by atoms with E-state index >= 15 is 0 Å². The summed E-state index contributed by atoms with van der Waals surface area (Å²) < 4.78 is 5.36. The zero-order valence-electron chi connectivity index (χ0n) is 11.7. The number of aromatic nitrogens is 1. The van der Waals surface area contributed by atoms with Crippen LogP contribution in [0, 0.1) is 6.92 Å². The first kappa shape index (κ1) is 14.1. The summed E-state index contributed by atoms with van der Waals surface area (Å²) >= 11 is 0. The molecule has 1 aromatic carbocycles. The number of pyridine rings is 1. The number of hydrogen-bond donors (Lipinski definition) is 1. The van der Waals surface area contributed by atoms with E-state index < -0.39 is 0 Å². The van der Waals surface area contributed by atoms with Crippen LogP contribution in [0.3, 0.4) is 0 Å². The van der Waals surface area contributed by atoms with Crippen LogP contribution in [0.2, 0.25) is 0 Å². The van der Waals surface area contributed by atoms with Crippen LogP contribution in [0.15, 0.2) is 42.6 Å². The largest absolute Gasteiger partial charge is 0.494 e. The van der Waals surface area contributed by atoms with E-state index in [-0.39, 0.29) is 5.91 Å². The van der Waals surface area contributed by atoms with E-state index in [0.29, 0.717) is 18.8 Å². The predicted octanol–water partition coefficient (Wildman–Crippen LogP) is 2.97. The zero-order chi connectivity index (χ0) is 14.4. The summed E-state index contributed by atoms with van der Waals surface area (Å²) in [6.07, 6.45) is 2.05. The van der Waals surface area contributed by atoms with Crippen molar-refractivity contribution in [2.75, 3.05) is 11.9 Å². The number of hydrogen-bond acceptors (Lipinski definition) is 3. The van der Waals surface area contributed by atoms with Gasteiger partial charge in [-0.3, -0.25) is 4.79 Å². The van der Waals surface area contributed by atoms with Gasteiger partial charge in [0, 0.05) is 6.20 Å². The van der Waals surface area contributed by atoms with Gasteiger partial charge < -0.3 is 10.1 Å². The Kier molecular flexibility index (Phi) is 4.71. The molecule has 0 atom stereocenters. The summed E-state index contributed by atoms with van der Waals surface area (Å²) in [7, 11) is 0. The lowest BCUT2D eigenvalue weighted by molar-refractivity contribution is -0.115. The van der Waals surface area contributed by atoms with Crippen molar-refractivity contribution < 1.29 is 9.53 Å². The molecule has 0 unspecified atom stereocenters. The molecule has 0 spiro atoms. The fourth-order valence-corrected chi connectivity index (χ4v) is 1.78. The van der Waals surface area contributed by atoms with Crippen LogP contribution in [0.25, 0.3) is 0 Å². The second-order valence-corrected chi connectivity index (χ2v) is 4.52. The highest BCUT2D eigenvalue weighted by atomic mass is 16.5. The molecule has 0 fully saturated rings. The highest BCUT2D eigenvalue weighted by Crippen LogP contribution is 2.13. The van der Waals surface area contributed by atoms with Gasteiger partial charge in [-0.15, -0.1) is 0 Å². The summed E-state index contributed by atoms with van der Waals surface area (Å²) in [5, 5.41) is 2.78. The molecule has 4 nitrogen and oxygen atoms in total. The fourth-order valence-electron chi connectivity index (χ4n) is 1.78. The van der Waals surface area contributed by atoms with Gasteiger partial charge in [-0.25, -0.2) is 4.98 Å². The molecule has 0 bridgehead atoms. The number of nitrogens with zero attached hydrogens (tertiary/aromatic N) is 1.